The first-order valence-corrected chi connectivity index (χ1v) is 14.0. The number of primary amides is 1. The molecule has 2 N–H and O–H groups in total. The predicted octanol–water partition coefficient (Wildman–Crippen LogP) is 4.84. The van der Waals surface area contributed by atoms with Gasteiger partial charge < -0.3 is 24.7 Å². The summed E-state index contributed by atoms with van der Waals surface area (Å²) in [6.07, 6.45) is 1.33. The van der Waals surface area contributed by atoms with E-state index < -0.39 is 5.91 Å². The molecule has 0 radical (unpaired) electrons. The lowest BCUT2D eigenvalue weighted by Crippen LogP contribution is -2.41. The molecular formula is C31H36BN5O4. The molecule has 0 unspecified atom stereocenters. The fourth-order valence-corrected chi connectivity index (χ4v) is 5.68. The van der Waals surface area contributed by atoms with E-state index in [9.17, 15) is 4.79 Å². The van der Waals surface area contributed by atoms with E-state index in [2.05, 4.69) is 50.8 Å². The van der Waals surface area contributed by atoms with Crippen LogP contribution in [0.2, 0.25) is 0 Å². The number of ether oxygens (including phenoxy) is 1. The minimum absolute atomic E-state index is 0.317. The number of nitrogens with zero attached hydrogens (tertiary/aromatic N) is 4. The van der Waals surface area contributed by atoms with Gasteiger partial charge in [0.1, 0.15) is 5.82 Å². The van der Waals surface area contributed by atoms with Crippen LogP contribution >= 0.6 is 0 Å². The van der Waals surface area contributed by atoms with Gasteiger partial charge in [-0.15, -0.1) is 0 Å². The van der Waals surface area contributed by atoms with Crippen molar-refractivity contribution in [3.8, 4) is 5.95 Å². The molecule has 0 bridgehead atoms. The number of fused-ring (bicyclic) bond motifs is 2. The van der Waals surface area contributed by atoms with Gasteiger partial charge in [0, 0.05) is 47.7 Å². The van der Waals surface area contributed by atoms with E-state index in [-0.39, 0.29) is 18.3 Å². The van der Waals surface area contributed by atoms with E-state index in [1.165, 1.54) is 0 Å². The number of aryl methyl sites for hydroxylation is 1. The van der Waals surface area contributed by atoms with Gasteiger partial charge in [-0.25, -0.2) is 4.98 Å². The van der Waals surface area contributed by atoms with Crippen LogP contribution in [0.1, 0.15) is 60.6 Å². The molecule has 2 aromatic carbocycles. The van der Waals surface area contributed by atoms with Crippen LogP contribution < -0.4 is 10.6 Å². The predicted molar refractivity (Wildman–Crippen MR) is 160 cm³/mol. The second kappa shape index (κ2) is 9.97. The Morgan fingerprint density at radius 3 is 2.54 bits per heavy atom. The number of anilines is 2. The number of nitrogens with two attached hydrogens (primary N) is 1. The Morgan fingerprint density at radius 1 is 1.07 bits per heavy atom. The van der Waals surface area contributed by atoms with Crippen molar-refractivity contribution in [2.24, 2.45) is 5.73 Å². The van der Waals surface area contributed by atoms with Gasteiger partial charge >= 0.3 is 7.12 Å². The van der Waals surface area contributed by atoms with Crippen LogP contribution in [0, 0.1) is 6.92 Å². The molecule has 0 spiro atoms. The van der Waals surface area contributed by atoms with Crippen molar-refractivity contribution < 1.29 is 18.8 Å². The molecule has 4 aromatic rings. The summed E-state index contributed by atoms with van der Waals surface area (Å²) in [6.45, 7) is 11.3. The molecule has 4 heterocycles. The highest BCUT2D eigenvalue weighted by atomic mass is 16.7. The number of hydrogen-bond donors (Lipinski definition) is 1. The molecule has 2 aliphatic heterocycles. The molecule has 9 nitrogen and oxygen atoms in total. The summed E-state index contributed by atoms with van der Waals surface area (Å²) in [7, 11) is 1.70. The number of rotatable bonds is 6. The summed E-state index contributed by atoms with van der Waals surface area (Å²) in [4.78, 5) is 24.3. The highest BCUT2D eigenvalue weighted by Gasteiger charge is 2.50. The molecule has 1 fully saturated rings. The maximum absolute atomic E-state index is 12.1. The second-order valence-electron chi connectivity index (χ2n) is 11.9. The summed E-state index contributed by atoms with van der Waals surface area (Å²) in [5.41, 5.74) is 11.2. The number of carbonyl (C=O) groups is 1. The van der Waals surface area contributed by atoms with Gasteiger partial charge in [-0.05, 0) is 70.5 Å². The topological polar surface area (TPSA) is 105 Å². The van der Waals surface area contributed by atoms with Crippen molar-refractivity contribution in [2.75, 3.05) is 18.6 Å². The maximum atomic E-state index is 12.1. The zero-order valence-electron chi connectivity index (χ0n) is 24.5. The van der Waals surface area contributed by atoms with Crippen LogP contribution in [0.5, 0.6) is 0 Å². The lowest BCUT2D eigenvalue weighted by molar-refractivity contribution is 0.00578. The van der Waals surface area contributed by atoms with Crippen LogP contribution in [-0.4, -0.2) is 52.4 Å². The van der Waals surface area contributed by atoms with Crippen molar-refractivity contribution in [3.05, 3.63) is 76.6 Å². The Bertz CT molecular complexity index is 1650. The van der Waals surface area contributed by atoms with Gasteiger partial charge in [0.25, 0.3) is 0 Å². The lowest BCUT2D eigenvalue weighted by atomic mass is 9.80. The van der Waals surface area contributed by atoms with Crippen molar-refractivity contribution in [3.63, 3.8) is 0 Å². The van der Waals surface area contributed by atoms with E-state index >= 15 is 0 Å². The van der Waals surface area contributed by atoms with Crippen LogP contribution in [0.25, 0.3) is 16.9 Å². The molecular weight excluding hydrogens is 517 g/mol. The third kappa shape index (κ3) is 4.79. The fraction of sp³-hybridized carbons (Fsp3) is 0.387. The minimum atomic E-state index is -0.461. The summed E-state index contributed by atoms with van der Waals surface area (Å²) in [6, 6.07) is 15.9. The zero-order valence-corrected chi connectivity index (χ0v) is 24.5. The molecule has 0 saturated carbocycles. The largest absolute Gasteiger partial charge is 0.462 e. The Balaban J connectivity index is 1.39. The average molecular weight is 553 g/mol. The SMILES string of the molecule is Cc1cc2c(C(N)=O)cccc2n1-c1nc2c(c(N(C)c3cccc(CB4OC(C)(C)C(C)(C)O4)c3)n1)COCC2. The molecule has 10 heteroatoms. The first kappa shape index (κ1) is 27.4. The van der Waals surface area contributed by atoms with Crippen LogP contribution in [0.4, 0.5) is 11.5 Å². The smallest absolute Gasteiger partial charge is 0.403 e. The van der Waals surface area contributed by atoms with E-state index in [0.29, 0.717) is 37.5 Å². The van der Waals surface area contributed by atoms with E-state index in [4.69, 9.17) is 29.7 Å². The Hall–Kier alpha value is -3.73. The third-order valence-electron chi connectivity index (χ3n) is 8.60. The van der Waals surface area contributed by atoms with E-state index in [1.54, 1.807) is 6.07 Å². The highest BCUT2D eigenvalue weighted by Crippen LogP contribution is 2.38. The van der Waals surface area contributed by atoms with Crippen molar-refractivity contribution >= 4 is 35.4 Å². The summed E-state index contributed by atoms with van der Waals surface area (Å²) in [5, 5.41) is 0.785. The highest BCUT2D eigenvalue weighted by molar-refractivity contribution is 6.45. The number of benzene rings is 2. The molecule has 41 heavy (non-hydrogen) atoms. The van der Waals surface area contributed by atoms with Gasteiger partial charge in [0.05, 0.1) is 35.6 Å². The van der Waals surface area contributed by atoms with Crippen molar-refractivity contribution in [1.29, 1.82) is 0 Å². The molecule has 0 aliphatic carbocycles. The van der Waals surface area contributed by atoms with Crippen LogP contribution in [0.3, 0.4) is 0 Å². The molecule has 2 aliphatic rings. The Morgan fingerprint density at radius 2 is 1.80 bits per heavy atom. The van der Waals surface area contributed by atoms with Crippen LogP contribution in [-0.2, 0) is 33.4 Å². The molecule has 2 aromatic heterocycles. The normalized spacial score (nSPS) is 17.6. The monoisotopic (exact) mass is 553 g/mol. The lowest BCUT2D eigenvalue weighted by Gasteiger charge is -2.32. The summed E-state index contributed by atoms with van der Waals surface area (Å²) in [5.74, 6) is 0.872. The van der Waals surface area contributed by atoms with Crippen molar-refractivity contribution in [2.45, 2.75) is 65.2 Å². The molecule has 6 rings (SSSR count). The zero-order chi connectivity index (χ0) is 29.1. The Kier molecular flexibility index (Phi) is 6.68. The number of hydrogen-bond acceptors (Lipinski definition) is 7. The maximum Gasteiger partial charge on any atom is 0.462 e. The standard InChI is InChI=1S/C31H36BN5O4/c1-19-15-23-22(27(33)38)11-8-12-26(23)37(19)29-34-25-13-14-39-18-24(25)28(35-29)36(6)21-10-7-9-20(16-21)17-32-40-30(2,3)31(4,5)41-32/h7-12,15-16H,13-14,17-18H2,1-6H3,(H2,33,38). The summed E-state index contributed by atoms with van der Waals surface area (Å²) < 4.78 is 20.3. The Labute approximate surface area is 240 Å². The quantitative estimate of drug-likeness (QED) is 0.341. The minimum Gasteiger partial charge on any atom is -0.403 e. The first-order valence-electron chi connectivity index (χ1n) is 14.0. The molecule has 0 atom stereocenters. The van der Waals surface area contributed by atoms with Gasteiger partial charge in [-0.3, -0.25) is 9.36 Å². The van der Waals surface area contributed by atoms with Crippen LogP contribution in [0.15, 0.2) is 48.5 Å². The average Bonchev–Trinajstić information content (AvgIpc) is 3.37. The second-order valence-corrected chi connectivity index (χ2v) is 11.9. The van der Waals surface area contributed by atoms with E-state index in [1.807, 2.05) is 42.8 Å². The van der Waals surface area contributed by atoms with Gasteiger partial charge in [-0.1, -0.05) is 18.2 Å². The summed E-state index contributed by atoms with van der Waals surface area (Å²) >= 11 is 0. The molecule has 1 amide bonds. The molecule has 212 valence electrons. The molecule has 1 saturated heterocycles. The number of carbonyl (C=O) groups excluding carboxylic acids is 1. The third-order valence-corrected chi connectivity index (χ3v) is 8.60. The fourth-order valence-electron chi connectivity index (χ4n) is 5.68. The van der Waals surface area contributed by atoms with Gasteiger partial charge in [-0.2, -0.15) is 4.98 Å². The number of amides is 1. The van der Waals surface area contributed by atoms with Crippen molar-refractivity contribution in [1.82, 2.24) is 14.5 Å². The number of aromatic nitrogens is 3. The first-order chi connectivity index (χ1) is 19.4. The van der Waals surface area contributed by atoms with E-state index in [0.717, 1.165) is 44.9 Å². The van der Waals surface area contributed by atoms with Gasteiger partial charge in [0.2, 0.25) is 11.9 Å². The van der Waals surface area contributed by atoms with Gasteiger partial charge in [0.15, 0.2) is 0 Å².